The molecule has 0 aliphatic heterocycles. The van der Waals surface area contributed by atoms with Crippen LogP contribution in [-0.4, -0.2) is 42.5 Å². The molecule has 0 aliphatic carbocycles. The van der Waals surface area contributed by atoms with Crippen LogP contribution < -0.4 is 5.32 Å². The number of aromatic carboxylic acids is 1. The number of hydrogen-bond donors (Lipinski definition) is 2. The molecular formula is C14H16N2O4S. The molecule has 0 aliphatic rings. The summed E-state index contributed by atoms with van der Waals surface area (Å²) in [6.45, 7) is 1.74. The molecule has 2 aromatic rings. The zero-order valence-electron chi connectivity index (χ0n) is 11.5. The minimum atomic E-state index is -3.10. The van der Waals surface area contributed by atoms with Crippen LogP contribution in [0.4, 0.5) is 5.69 Å². The van der Waals surface area contributed by atoms with Crippen molar-refractivity contribution < 1.29 is 18.3 Å². The number of carboxylic acid groups (broad SMARTS) is 1. The predicted molar refractivity (Wildman–Crippen MR) is 81.5 cm³/mol. The van der Waals surface area contributed by atoms with Gasteiger partial charge in [-0.2, -0.15) is 0 Å². The number of hydrogen-bond acceptors (Lipinski definition) is 5. The van der Waals surface area contributed by atoms with Gasteiger partial charge in [0.15, 0.2) is 9.84 Å². The summed E-state index contributed by atoms with van der Waals surface area (Å²) in [6, 6.07) is 7.12. The molecule has 1 aromatic carbocycles. The van der Waals surface area contributed by atoms with E-state index in [1.165, 1.54) is 6.20 Å². The van der Waals surface area contributed by atoms with E-state index >= 15 is 0 Å². The Kier molecular flexibility index (Phi) is 4.42. The summed E-state index contributed by atoms with van der Waals surface area (Å²) in [5.74, 6) is -1.08. The van der Waals surface area contributed by atoms with Crippen LogP contribution in [0.3, 0.4) is 0 Å². The van der Waals surface area contributed by atoms with E-state index in [0.29, 0.717) is 16.6 Å². The minimum absolute atomic E-state index is 0.0302. The highest BCUT2D eigenvalue weighted by Gasteiger charge is 2.15. The highest BCUT2D eigenvalue weighted by molar-refractivity contribution is 7.91. The van der Waals surface area contributed by atoms with Gasteiger partial charge >= 0.3 is 5.97 Å². The number of sulfone groups is 1. The summed E-state index contributed by atoms with van der Waals surface area (Å²) in [7, 11) is -3.10. The number of anilines is 1. The first-order valence-electron chi connectivity index (χ1n) is 6.50. The normalized spacial score (nSPS) is 11.5. The molecule has 0 radical (unpaired) electrons. The van der Waals surface area contributed by atoms with Crippen LogP contribution >= 0.6 is 0 Å². The lowest BCUT2D eigenvalue weighted by Gasteiger charge is -2.12. The van der Waals surface area contributed by atoms with Crippen LogP contribution in [0.2, 0.25) is 0 Å². The number of nitrogens with zero attached hydrogens (tertiary/aromatic N) is 1. The van der Waals surface area contributed by atoms with Crippen molar-refractivity contribution in [2.45, 2.75) is 6.92 Å². The van der Waals surface area contributed by atoms with Gasteiger partial charge in [0.2, 0.25) is 0 Å². The van der Waals surface area contributed by atoms with Gasteiger partial charge in [0.1, 0.15) is 5.56 Å². The molecule has 7 heteroatoms. The standard InChI is InChI=1S/C14H16N2O4S/c1-2-21(19,20)8-7-15-13-10-5-3-4-6-12(10)16-9-11(13)14(17)18/h3-6,9H,2,7-8H2,1H3,(H,15,16)(H,17,18). The lowest BCUT2D eigenvalue weighted by molar-refractivity contribution is 0.0697. The van der Waals surface area contributed by atoms with Crippen LogP contribution in [0.1, 0.15) is 17.3 Å². The fourth-order valence-corrected chi connectivity index (χ4v) is 2.67. The molecule has 6 nitrogen and oxygen atoms in total. The van der Waals surface area contributed by atoms with Crippen molar-refractivity contribution in [2.24, 2.45) is 0 Å². The van der Waals surface area contributed by atoms with Crippen molar-refractivity contribution in [3.05, 3.63) is 36.0 Å². The summed E-state index contributed by atoms with van der Waals surface area (Å²) in [6.07, 6.45) is 1.28. The van der Waals surface area contributed by atoms with Crippen LogP contribution in [0.15, 0.2) is 30.5 Å². The molecule has 1 heterocycles. The van der Waals surface area contributed by atoms with Gasteiger partial charge in [-0.1, -0.05) is 25.1 Å². The van der Waals surface area contributed by atoms with Crippen LogP contribution in [0.5, 0.6) is 0 Å². The molecule has 0 saturated heterocycles. The molecule has 0 fully saturated rings. The smallest absolute Gasteiger partial charge is 0.339 e. The number of nitrogens with one attached hydrogen (secondary N) is 1. The Morgan fingerprint density at radius 1 is 1.33 bits per heavy atom. The summed E-state index contributed by atoms with van der Waals surface area (Å²) >= 11 is 0. The third-order valence-corrected chi connectivity index (χ3v) is 4.87. The average molecular weight is 308 g/mol. The summed E-state index contributed by atoms with van der Waals surface area (Å²) in [5.41, 5.74) is 1.09. The second-order valence-electron chi connectivity index (χ2n) is 4.53. The average Bonchev–Trinajstić information content (AvgIpc) is 2.47. The van der Waals surface area contributed by atoms with Gasteiger partial charge in [-0.15, -0.1) is 0 Å². The van der Waals surface area contributed by atoms with Gasteiger partial charge in [-0.3, -0.25) is 4.98 Å². The molecule has 21 heavy (non-hydrogen) atoms. The summed E-state index contributed by atoms with van der Waals surface area (Å²) in [5, 5.41) is 12.8. The van der Waals surface area contributed by atoms with E-state index in [-0.39, 0.29) is 23.6 Å². The van der Waals surface area contributed by atoms with E-state index < -0.39 is 15.8 Å². The number of carboxylic acids is 1. The van der Waals surface area contributed by atoms with Gasteiger partial charge < -0.3 is 10.4 Å². The Labute approximate surface area is 122 Å². The SMILES string of the molecule is CCS(=O)(=O)CCNc1c(C(=O)O)cnc2ccccc12. The Morgan fingerprint density at radius 3 is 2.71 bits per heavy atom. The van der Waals surface area contributed by atoms with E-state index in [4.69, 9.17) is 0 Å². The quantitative estimate of drug-likeness (QED) is 0.844. The number of carbonyl (C=O) groups is 1. The third-order valence-electron chi connectivity index (χ3n) is 3.16. The van der Waals surface area contributed by atoms with Crippen LogP contribution in [-0.2, 0) is 9.84 Å². The molecule has 0 atom stereocenters. The van der Waals surface area contributed by atoms with Crippen molar-refractivity contribution in [1.82, 2.24) is 4.98 Å². The first-order chi connectivity index (χ1) is 9.94. The molecule has 2 N–H and O–H groups in total. The minimum Gasteiger partial charge on any atom is -0.478 e. The van der Waals surface area contributed by atoms with E-state index in [1.807, 2.05) is 0 Å². The zero-order valence-corrected chi connectivity index (χ0v) is 12.4. The van der Waals surface area contributed by atoms with Crippen molar-refractivity contribution in [2.75, 3.05) is 23.4 Å². The number of aromatic nitrogens is 1. The van der Waals surface area contributed by atoms with Gasteiger partial charge in [0.05, 0.1) is 17.0 Å². The first-order valence-corrected chi connectivity index (χ1v) is 8.32. The molecule has 2 rings (SSSR count). The summed E-state index contributed by atoms with van der Waals surface area (Å²) in [4.78, 5) is 15.4. The molecule has 0 bridgehead atoms. The lowest BCUT2D eigenvalue weighted by Crippen LogP contribution is -2.18. The van der Waals surface area contributed by atoms with Crippen LogP contribution in [0, 0.1) is 0 Å². The number of benzene rings is 1. The Balaban J connectivity index is 2.36. The van der Waals surface area contributed by atoms with Gasteiger partial charge in [0.25, 0.3) is 0 Å². The van der Waals surface area contributed by atoms with Crippen molar-refractivity contribution in [3.63, 3.8) is 0 Å². The second-order valence-corrected chi connectivity index (χ2v) is 7.01. The second kappa shape index (κ2) is 6.09. The Morgan fingerprint density at radius 2 is 2.05 bits per heavy atom. The number of rotatable bonds is 6. The van der Waals surface area contributed by atoms with Crippen LogP contribution in [0.25, 0.3) is 10.9 Å². The maximum Gasteiger partial charge on any atom is 0.339 e. The first kappa shape index (κ1) is 15.2. The molecule has 0 amide bonds. The van der Waals surface area contributed by atoms with Gasteiger partial charge in [0, 0.05) is 23.9 Å². The number of para-hydroxylation sites is 1. The van der Waals surface area contributed by atoms with Gasteiger partial charge in [-0.25, -0.2) is 13.2 Å². The Bertz CT molecular complexity index is 772. The molecular weight excluding hydrogens is 292 g/mol. The molecule has 0 spiro atoms. The lowest BCUT2D eigenvalue weighted by atomic mass is 10.1. The monoisotopic (exact) mass is 308 g/mol. The van der Waals surface area contributed by atoms with E-state index in [1.54, 1.807) is 31.2 Å². The maximum atomic E-state index is 11.5. The van der Waals surface area contributed by atoms with E-state index in [0.717, 1.165) is 0 Å². The maximum absolute atomic E-state index is 11.5. The summed E-state index contributed by atoms with van der Waals surface area (Å²) < 4.78 is 23.0. The molecule has 112 valence electrons. The van der Waals surface area contributed by atoms with Crippen molar-refractivity contribution >= 4 is 32.4 Å². The fourth-order valence-electron chi connectivity index (χ4n) is 1.97. The van der Waals surface area contributed by atoms with Crippen molar-refractivity contribution in [3.8, 4) is 0 Å². The largest absolute Gasteiger partial charge is 0.478 e. The molecule has 1 aromatic heterocycles. The van der Waals surface area contributed by atoms with E-state index in [2.05, 4.69) is 10.3 Å². The fraction of sp³-hybridized carbons (Fsp3) is 0.286. The molecule has 0 saturated carbocycles. The Hall–Kier alpha value is -2.15. The third kappa shape index (κ3) is 3.49. The topological polar surface area (TPSA) is 96.4 Å². The highest BCUT2D eigenvalue weighted by Crippen LogP contribution is 2.25. The highest BCUT2D eigenvalue weighted by atomic mass is 32.2. The zero-order chi connectivity index (χ0) is 15.5. The molecule has 0 unspecified atom stereocenters. The number of pyridine rings is 1. The number of fused-ring (bicyclic) bond motifs is 1. The van der Waals surface area contributed by atoms with E-state index in [9.17, 15) is 18.3 Å². The van der Waals surface area contributed by atoms with Crippen molar-refractivity contribution in [1.29, 1.82) is 0 Å². The van der Waals surface area contributed by atoms with Gasteiger partial charge in [-0.05, 0) is 6.07 Å². The predicted octanol–water partition coefficient (Wildman–Crippen LogP) is 1.78.